The predicted octanol–water partition coefficient (Wildman–Crippen LogP) is 8.42. The van der Waals surface area contributed by atoms with Gasteiger partial charge in [0.05, 0.1) is 16.7 Å². The average Bonchev–Trinajstić information content (AvgIpc) is 3.35. The standard InChI is InChI=1S/C39H36N4/c1-5-19-34-31(7-3)37-32(8-4)35(20-6-2)43(39(37)42(34)30-25-17-12-18-26-30)36-27-33(28-21-15-11-16-22-28)40-38(41-36)29-23-13-9-10-14-24-29/h5-9,11,13-17,19-27H,2-3,10,12,18H2,1,4H3/b19-5-,32-8+,35-20+. The molecule has 0 unspecified atom stereocenters. The highest BCUT2D eigenvalue weighted by atomic mass is 15.2. The fraction of sp³-hybridized carbons (Fsp3) is 0.128. The molecular weight excluding hydrogens is 524 g/mol. The summed E-state index contributed by atoms with van der Waals surface area (Å²) in [6.07, 6.45) is 32.6. The zero-order chi connectivity index (χ0) is 29.8. The summed E-state index contributed by atoms with van der Waals surface area (Å²) in [6.45, 7) is 12.5. The van der Waals surface area contributed by atoms with Gasteiger partial charge < -0.3 is 0 Å². The van der Waals surface area contributed by atoms with Crippen LogP contribution in [0.4, 0.5) is 0 Å². The normalized spacial score (nSPS) is 15.8. The Labute approximate surface area is 253 Å². The summed E-state index contributed by atoms with van der Waals surface area (Å²) in [6, 6.07) is 12.4. The van der Waals surface area contributed by atoms with Crippen LogP contribution in [0.15, 0.2) is 110 Å². The highest BCUT2D eigenvalue weighted by molar-refractivity contribution is 5.97. The fourth-order valence-electron chi connectivity index (χ4n) is 5.95. The molecule has 0 atom stereocenters. The maximum Gasteiger partial charge on any atom is 0.162 e. The first-order chi connectivity index (χ1) is 21.2. The SMILES string of the molecule is C=C/C=c1\c(=C/C)c2c(C=C)c(/C=C\C)n(C3=CCCC=C3)c2n1-c1cc(-c2ccccc2)nc(C2=CC=CCC=C2)n1. The van der Waals surface area contributed by atoms with Crippen molar-refractivity contribution in [2.75, 3.05) is 0 Å². The quantitative estimate of drug-likeness (QED) is 0.227. The summed E-state index contributed by atoms with van der Waals surface area (Å²) in [5, 5.41) is 3.27. The molecule has 3 heterocycles. The Hall–Kier alpha value is -5.22. The van der Waals surface area contributed by atoms with E-state index in [1.54, 1.807) is 0 Å². The molecule has 3 aromatic heterocycles. The van der Waals surface area contributed by atoms with E-state index in [1.165, 1.54) is 0 Å². The third kappa shape index (κ3) is 5.06. The largest absolute Gasteiger partial charge is 0.295 e. The molecule has 0 fully saturated rings. The van der Waals surface area contributed by atoms with Gasteiger partial charge in [-0.15, -0.1) is 0 Å². The van der Waals surface area contributed by atoms with Crippen LogP contribution in [0.2, 0.25) is 0 Å². The van der Waals surface area contributed by atoms with Gasteiger partial charge in [0, 0.05) is 39.1 Å². The number of benzene rings is 1. The Morgan fingerprint density at radius 2 is 1.79 bits per heavy atom. The molecule has 0 radical (unpaired) electrons. The van der Waals surface area contributed by atoms with Crippen molar-refractivity contribution >= 4 is 46.6 Å². The Morgan fingerprint density at radius 1 is 0.930 bits per heavy atom. The molecule has 0 amide bonds. The van der Waals surface area contributed by atoms with Gasteiger partial charge >= 0.3 is 0 Å². The molecule has 4 nitrogen and oxygen atoms in total. The number of hydrogen-bond donors (Lipinski definition) is 0. The molecule has 1 aromatic carbocycles. The van der Waals surface area contributed by atoms with E-state index in [-0.39, 0.29) is 0 Å². The molecule has 0 spiro atoms. The Balaban J connectivity index is 1.81. The van der Waals surface area contributed by atoms with Crippen LogP contribution in [0, 0.1) is 0 Å². The molecule has 4 aromatic rings. The van der Waals surface area contributed by atoms with Crippen LogP contribution >= 0.6 is 0 Å². The smallest absolute Gasteiger partial charge is 0.162 e. The van der Waals surface area contributed by atoms with Gasteiger partial charge in [-0.2, -0.15) is 0 Å². The Kier molecular flexibility index (Phi) is 8.01. The predicted molar refractivity (Wildman–Crippen MR) is 185 cm³/mol. The minimum Gasteiger partial charge on any atom is -0.295 e. The van der Waals surface area contributed by atoms with Crippen molar-refractivity contribution in [3.8, 4) is 17.1 Å². The first-order valence-electron chi connectivity index (χ1n) is 14.9. The molecule has 0 N–H and O–H groups in total. The second-order valence-electron chi connectivity index (χ2n) is 10.5. The number of hydrogen-bond acceptors (Lipinski definition) is 2. The maximum atomic E-state index is 5.27. The van der Waals surface area contributed by atoms with E-state index in [1.807, 2.05) is 30.4 Å². The molecule has 0 aliphatic heterocycles. The molecule has 212 valence electrons. The van der Waals surface area contributed by atoms with Crippen molar-refractivity contribution in [1.29, 1.82) is 0 Å². The maximum absolute atomic E-state index is 5.27. The van der Waals surface area contributed by atoms with Gasteiger partial charge in [-0.3, -0.25) is 9.13 Å². The first-order valence-corrected chi connectivity index (χ1v) is 14.9. The van der Waals surface area contributed by atoms with Crippen molar-refractivity contribution in [3.05, 3.63) is 138 Å². The van der Waals surface area contributed by atoms with Gasteiger partial charge in [0.15, 0.2) is 5.82 Å². The van der Waals surface area contributed by atoms with E-state index in [0.717, 1.165) is 80.5 Å². The van der Waals surface area contributed by atoms with E-state index in [0.29, 0.717) is 5.82 Å². The van der Waals surface area contributed by atoms with Crippen molar-refractivity contribution in [2.24, 2.45) is 0 Å². The minimum atomic E-state index is 0.681. The van der Waals surface area contributed by atoms with Gasteiger partial charge in [0.1, 0.15) is 11.5 Å². The highest BCUT2D eigenvalue weighted by Gasteiger charge is 2.24. The summed E-state index contributed by atoms with van der Waals surface area (Å²) in [7, 11) is 0. The second-order valence-corrected chi connectivity index (χ2v) is 10.5. The zero-order valence-corrected chi connectivity index (χ0v) is 24.9. The lowest BCUT2D eigenvalue weighted by atomic mass is 10.1. The van der Waals surface area contributed by atoms with Crippen molar-refractivity contribution in [3.63, 3.8) is 0 Å². The summed E-state index contributed by atoms with van der Waals surface area (Å²) >= 11 is 0. The molecule has 0 saturated heterocycles. The molecule has 43 heavy (non-hydrogen) atoms. The number of fused-ring (bicyclic) bond motifs is 1. The van der Waals surface area contributed by atoms with Gasteiger partial charge in [-0.25, -0.2) is 9.97 Å². The van der Waals surface area contributed by atoms with Gasteiger partial charge in [0.2, 0.25) is 0 Å². The fourth-order valence-corrected chi connectivity index (χ4v) is 5.95. The summed E-state index contributed by atoms with van der Waals surface area (Å²) < 4.78 is 4.62. The lowest BCUT2D eigenvalue weighted by molar-refractivity contribution is 0.929. The first kappa shape index (κ1) is 27.9. The van der Waals surface area contributed by atoms with Crippen LogP contribution in [0.1, 0.15) is 50.2 Å². The molecule has 0 saturated carbocycles. The second kappa shape index (κ2) is 12.3. The molecule has 2 aliphatic carbocycles. The Morgan fingerprint density at radius 3 is 2.51 bits per heavy atom. The number of nitrogens with zero attached hydrogens (tertiary/aromatic N) is 4. The van der Waals surface area contributed by atoms with Crippen LogP contribution in [0.25, 0.3) is 63.7 Å². The molecule has 6 rings (SSSR count). The van der Waals surface area contributed by atoms with Crippen LogP contribution in [-0.4, -0.2) is 19.1 Å². The van der Waals surface area contributed by atoms with Crippen LogP contribution < -0.4 is 10.6 Å². The summed E-state index contributed by atoms with van der Waals surface area (Å²) in [4.78, 5) is 10.4. The van der Waals surface area contributed by atoms with Crippen LogP contribution in [-0.2, 0) is 0 Å². The molecule has 4 heteroatoms. The lowest BCUT2D eigenvalue weighted by Crippen LogP contribution is -2.29. The van der Waals surface area contributed by atoms with E-state index in [2.05, 4.69) is 127 Å². The number of rotatable bonds is 7. The monoisotopic (exact) mass is 560 g/mol. The lowest BCUT2D eigenvalue weighted by Gasteiger charge is -2.16. The average molecular weight is 561 g/mol. The number of aromatic nitrogens is 4. The molecule has 0 bridgehead atoms. The van der Waals surface area contributed by atoms with E-state index >= 15 is 0 Å². The van der Waals surface area contributed by atoms with Gasteiger partial charge in [-0.1, -0.05) is 110 Å². The van der Waals surface area contributed by atoms with Crippen molar-refractivity contribution < 1.29 is 0 Å². The highest BCUT2D eigenvalue weighted by Crippen LogP contribution is 2.33. The Bertz CT molecular complexity index is 2030. The molecular formula is C39H36N4. The van der Waals surface area contributed by atoms with Crippen LogP contribution in [0.3, 0.4) is 0 Å². The molecule has 2 aliphatic rings. The van der Waals surface area contributed by atoms with Crippen LogP contribution in [0.5, 0.6) is 0 Å². The van der Waals surface area contributed by atoms with E-state index in [9.17, 15) is 0 Å². The van der Waals surface area contributed by atoms with Crippen molar-refractivity contribution in [2.45, 2.75) is 33.1 Å². The topological polar surface area (TPSA) is 35.6 Å². The third-order valence-electron chi connectivity index (χ3n) is 7.80. The van der Waals surface area contributed by atoms with Gasteiger partial charge in [0.25, 0.3) is 0 Å². The van der Waals surface area contributed by atoms with E-state index < -0.39 is 0 Å². The minimum absolute atomic E-state index is 0.681. The summed E-state index contributed by atoms with van der Waals surface area (Å²) in [5.74, 6) is 1.47. The zero-order valence-electron chi connectivity index (χ0n) is 24.9. The van der Waals surface area contributed by atoms with E-state index in [4.69, 9.17) is 9.97 Å². The third-order valence-corrected chi connectivity index (χ3v) is 7.80. The van der Waals surface area contributed by atoms with Gasteiger partial charge in [-0.05, 0) is 51.3 Å². The van der Waals surface area contributed by atoms with Crippen molar-refractivity contribution in [1.82, 2.24) is 19.1 Å². The summed E-state index contributed by atoms with van der Waals surface area (Å²) in [5.41, 5.74) is 7.24. The number of allylic oxidation sites excluding steroid dienone is 12.